The molecule has 2 nitrogen and oxygen atoms in total. The minimum absolute atomic E-state index is 0.143. The van der Waals surface area contributed by atoms with E-state index in [2.05, 4.69) is 254 Å². The number of anilines is 3. The van der Waals surface area contributed by atoms with Crippen molar-refractivity contribution >= 4 is 38.9 Å². The van der Waals surface area contributed by atoms with Crippen molar-refractivity contribution in [3.8, 4) is 50.2 Å². The predicted octanol–water partition coefficient (Wildman–Crippen LogP) is 16.6. The van der Waals surface area contributed by atoms with Crippen LogP contribution in [-0.2, 0) is 10.8 Å². The van der Waals surface area contributed by atoms with Crippen LogP contribution in [0, 0.1) is 0 Å². The van der Waals surface area contributed by atoms with Crippen LogP contribution in [0.2, 0.25) is 0 Å². The molecule has 11 aromatic rings. The van der Waals surface area contributed by atoms with Crippen LogP contribution in [0.1, 0.15) is 47.2 Å². The molecule has 14 rings (SSSR count). The number of aromatic nitrogens is 1. The summed E-state index contributed by atoms with van der Waals surface area (Å²) in [6.07, 6.45) is 0. The molecule has 3 aliphatic rings. The van der Waals surface area contributed by atoms with Gasteiger partial charge in [0.2, 0.25) is 0 Å². The first kappa shape index (κ1) is 37.2. The van der Waals surface area contributed by atoms with Crippen molar-refractivity contribution in [3.63, 3.8) is 0 Å². The number of hydrogen-bond donors (Lipinski definition) is 0. The molecule has 1 heterocycles. The molecule has 0 bridgehead atoms. The average Bonchev–Trinajstić information content (AvgIpc) is 4.05. The Labute approximate surface area is 385 Å². The Hall–Kier alpha value is -8.20. The average molecular weight is 841 g/mol. The maximum atomic E-state index is 2.53. The molecule has 0 fully saturated rings. The monoisotopic (exact) mass is 840 g/mol. The third-order valence-electron chi connectivity index (χ3n) is 15.2. The number of hydrogen-bond acceptors (Lipinski definition) is 1. The Morgan fingerprint density at radius 3 is 1.58 bits per heavy atom. The van der Waals surface area contributed by atoms with Gasteiger partial charge in [-0.3, -0.25) is 0 Å². The van der Waals surface area contributed by atoms with Gasteiger partial charge in [0, 0.05) is 38.8 Å². The maximum absolute atomic E-state index is 2.53. The molecule has 10 aromatic carbocycles. The highest BCUT2D eigenvalue weighted by atomic mass is 15.1. The molecular weight excluding hydrogens is 797 g/mol. The zero-order valence-corrected chi connectivity index (χ0v) is 36.8. The topological polar surface area (TPSA) is 8.17 Å². The molecule has 1 aromatic heterocycles. The summed E-state index contributed by atoms with van der Waals surface area (Å²) in [5.41, 5.74) is 24.8. The molecule has 0 radical (unpaired) electrons. The zero-order chi connectivity index (χ0) is 43.7. The van der Waals surface area contributed by atoms with Gasteiger partial charge in [-0.1, -0.05) is 190 Å². The van der Waals surface area contributed by atoms with Crippen molar-refractivity contribution in [2.45, 2.75) is 24.7 Å². The first-order valence-corrected chi connectivity index (χ1v) is 23.2. The highest BCUT2D eigenvalue weighted by Crippen LogP contribution is 2.64. The molecule has 0 saturated carbocycles. The van der Waals surface area contributed by atoms with E-state index in [1.807, 2.05) is 0 Å². The van der Waals surface area contributed by atoms with Gasteiger partial charge >= 0.3 is 0 Å². The van der Waals surface area contributed by atoms with Gasteiger partial charge in [0.15, 0.2) is 0 Å². The van der Waals surface area contributed by atoms with Crippen LogP contribution >= 0.6 is 0 Å². The molecule has 3 aliphatic carbocycles. The second-order valence-electron chi connectivity index (χ2n) is 18.8. The molecule has 0 atom stereocenters. The zero-order valence-electron chi connectivity index (χ0n) is 36.8. The number of nitrogens with zero attached hydrogens (tertiary/aromatic N) is 2. The molecule has 66 heavy (non-hydrogen) atoms. The van der Waals surface area contributed by atoms with Crippen LogP contribution in [0.5, 0.6) is 0 Å². The number of benzene rings is 10. The van der Waals surface area contributed by atoms with Crippen LogP contribution in [-0.4, -0.2) is 4.57 Å². The molecule has 1 spiro atoms. The summed E-state index contributed by atoms with van der Waals surface area (Å²) in [6.45, 7) is 4.75. The van der Waals surface area contributed by atoms with Crippen molar-refractivity contribution in [3.05, 3.63) is 264 Å². The summed E-state index contributed by atoms with van der Waals surface area (Å²) < 4.78 is 2.40. The second kappa shape index (κ2) is 13.7. The molecular formula is C64H44N2. The predicted molar refractivity (Wildman–Crippen MR) is 275 cm³/mol. The summed E-state index contributed by atoms with van der Waals surface area (Å²) in [5, 5.41) is 2.52. The van der Waals surface area contributed by atoms with E-state index in [9.17, 15) is 0 Å². The fraction of sp³-hybridized carbons (Fsp3) is 0.0625. The summed E-state index contributed by atoms with van der Waals surface area (Å²) >= 11 is 0. The Bertz CT molecular complexity index is 3730. The number of rotatable bonds is 5. The van der Waals surface area contributed by atoms with Gasteiger partial charge in [0.1, 0.15) is 0 Å². The summed E-state index contributed by atoms with van der Waals surface area (Å²) in [4.78, 5) is 2.53. The van der Waals surface area contributed by atoms with Crippen LogP contribution < -0.4 is 4.90 Å². The smallest absolute Gasteiger partial charge is 0.0726 e. The fourth-order valence-electron chi connectivity index (χ4n) is 12.5. The molecule has 0 saturated heterocycles. The van der Waals surface area contributed by atoms with E-state index in [0.717, 1.165) is 17.1 Å². The standard InChI is InChI=1S/C64H44N2/c1-63(2)52-26-11-9-23-50(52)62-56(63)30-17-33-60(62)65(43-36-34-41(35-37-43)45-25-16-32-59-61(45)51-24-10-15-31-58(51)66(59)42-18-4-3-5-19-42)44-38-39-49-48-22-8-14-29-55(48)64(57(49)40-44)53-27-12-6-20-46(53)47-21-7-13-28-54(47)64/h3-40H,1-2H3. The lowest BCUT2D eigenvalue weighted by Gasteiger charge is -2.33. The Kier molecular flexibility index (Phi) is 7.70. The fourth-order valence-corrected chi connectivity index (χ4v) is 12.5. The minimum Gasteiger partial charge on any atom is -0.310 e. The van der Waals surface area contributed by atoms with E-state index in [0.29, 0.717) is 0 Å². The third kappa shape index (κ3) is 4.85. The van der Waals surface area contributed by atoms with Crippen LogP contribution in [0.15, 0.2) is 231 Å². The number of para-hydroxylation sites is 2. The van der Waals surface area contributed by atoms with Gasteiger partial charge in [-0.15, -0.1) is 0 Å². The normalized spacial score (nSPS) is 14.2. The lowest BCUT2D eigenvalue weighted by atomic mass is 9.70. The largest absolute Gasteiger partial charge is 0.310 e. The SMILES string of the molecule is CC1(C)c2ccccc2-c2c(N(c3ccc(-c4cccc5c4c4ccccc4n5-c4ccccc4)cc3)c3ccc4c(c3)C3(c5ccccc5-c5ccccc53)c3ccccc3-4)cccc21. The summed E-state index contributed by atoms with van der Waals surface area (Å²) in [5.74, 6) is 0. The van der Waals surface area contributed by atoms with Crippen molar-refractivity contribution in [1.29, 1.82) is 0 Å². The Balaban J connectivity index is 1.00. The van der Waals surface area contributed by atoms with E-state index in [-0.39, 0.29) is 5.41 Å². The van der Waals surface area contributed by atoms with Gasteiger partial charge in [0.25, 0.3) is 0 Å². The molecule has 0 N–H and O–H groups in total. The maximum Gasteiger partial charge on any atom is 0.0726 e. The van der Waals surface area contributed by atoms with Crippen LogP contribution in [0.25, 0.3) is 72.0 Å². The Morgan fingerprint density at radius 2 is 0.879 bits per heavy atom. The van der Waals surface area contributed by atoms with E-state index < -0.39 is 5.41 Å². The van der Waals surface area contributed by atoms with Crippen molar-refractivity contribution < 1.29 is 0 Å². The van der Waals surface area contributed by atoms with E-state index in [1.54, 1.807) is 0 Å². The summed E-state index contributed by atoms with van der Waals surface area (Å²) in [7, 11) is 0. The van der Waals surface area contributed by atoms with Gasteiger partial charge in [-0.2, -0.15) is 0 Å². The first-order valence-electron chi connectivity index (χ1n) is 23.2. The van der Waals surface area contributed by atoms with Gasteiger partial charge in [-0.25, -0.2) is 0 Å². The van der Waals surface area contributed by atoms with Crippen LogP contribution in [0.4, 0.5) is 17.1 Å². The number of fused-ring (bicyclic) bond motifs is 16. The van der Waals surface area contributed by atoms with Crippen molar-refractivity contribution in [2.24, 2.45) is 0 Å². The quantitative estimate of drug-likeness (QED) is 0.168. The lowest BCUT2D eigenvalue weighted by molar-refractivity contribution is 0.660. The first-order chi connectivity index (χ1) is 32.5. The lowest BCUT2D eigenvalue weighted by Crippen LogP contribution is -2.26. The van der Waals surface area contributed by atoms with Crippen LogP contribution in [0.3, 0.4) is 0 Å². The second-order valence-corrected chi connectivity index (χ2v) is 18.8. The van der Waals surface area contributed by atoms with E-state index in [4.69, 9.17) is 0 Å². The molecule has 2 heteroatoms. The molecule has 0 amide bonds. The van der Waals surface area contributed by atoms with Gasteiger partial charge < -0.3 is 9.47 Å². The highest BCUT2D eigenvalue weighted by molar-refractivity contribution is 6.16. The van der Waals surface area contributed by atoms with Gasteiger partial charge in [0.05, 0.1) is 22.1 Å². The van der Waals surface area contributed by atoms with Gasteiger partial charge in [-0.05, 0) is 127 Å². The van der Waals surface area contributed by atoms with E-state index >= 15 is 0 Å². The van der Waals surface area contributed by atoms with Crippen molar-refractivity contribution in [1.82, 2.24) is 4.57 Å². The molecule has 0 unspecified atom stereocenters. The van der Waals surface area contributed by atoms with Crippen molar-refractivity contribution in [2.75, 3.05) is 4.90 Å². The third-order valence-corrected chi connectivity index (χ3v) is 15.2. The highest BCUT2D eigenvalue weighted by Gasteiger charge is 2.51. The van der Waals surface area contributed by atoms with E-state index in [1.165, 1.54) is 105 Å². The minimum atomic E-state index is -0.449. The molecule has 0 aliphatic heterocycles. The Morgan fingerprint density at radius 1 is 0.364 bits per heavy atom. The molecule has 310 valence electrons. The summed E-state index contributed by atoms with van der Waals surface area (Å²) in [6, 6.07) is 86.2.